The molecule has 1 aliphatic rings. The number of nitrogens with zero attached hydrogens (tertiary/aromatic N) is 2. The Bertz CT molecular complexity index is 1140. The minimum atomic E-state index is -5.71. The third-order valence-electron chi connectivity index (χ3n) is 3.71. The standard InChI is InChI=1S/C12H16N3O12P3S/c1-3-12(7-24-29(20,21)27-30(22,23)26-28(17,18)19)8(31-2)6-10(25-12)15-5-4-9(13)14-11(15)16/h1-2,4-5,8,10H,6-7H2,(H,20,21)(H,22,23)(H2,13,14,16)(H2,17,18,19). The fraction of sp³-hybridized carbons (Fsp3) is 0.417. The highest BCUT2D eigenvalue weighted by Crippen LogP contribution is 2.66. The van der Waals surface area contributed by atoms with Crippen molar-refractivity contribution in [2.75, 3.05) is 12.3 Å². The molecule has 2 heterocycles. The summed E-state index contributed by atoms with van der Waals surface area (Å²) in [6, 6.07) is 1.32. The van der Waals surface area contributed by atoms with Crippen LogP contribution in [0.4, 0.5) is 5.82 Å². The van der Waals surface area contributed by atoms with Crippen molar-refractivity contribution in [3.05, 3.63) is 22.7 Å². The van der Waals surface area contributed by atoms with E-state index in [0.717, 1.165) is 4.57 Å². The maximum Gasteiger partial charge on any atom is 0.490 e. The van der Waals surface area contributed by atoms with E-state index in [4.69, 9.17) is 32.4 Å². The Labute approximate surface area is 178 Å². The second kappa shape index (κ2) is 9.23. The summed E-state index contributed by atoms with van der Waals surface area (Å²) in [5.74, 6) is 2.16. The van der Waals surface area contributed by atoms with Crippen LogP contribution in [-0.4, -0.2) is 46.6 Å². The second-order valence-corrected chi connectivity index (χ2v) is 11.1. The van der Waals surface area contributed by atoms with Crippen LogP contribution in [0.1, 0.15) is 12.6 Å². The third-order valence-corrected chi connectivity index (χ3v) is 8.39. The van der Waals surface area contributed by atoms with Gasteiger partial charge in [0, 0.05) is 12.6 Å². The topological polar surface area (TPSA) is 230 Å². The van der Waals surface area contributed by atoms with Gasteiger partial charge in [-0.05, 0) is 6.07 Å². The summed E-state index contributed by atoms with van der Waals surface area (Å²) in [6.45, 7) is -0.935. The number of rotatable bonds is 8. The molecule has 0 amide bonds. The third kappa shape index (κ3) is 6.79. The Morgan fingerprint density at radius 1 is 1.32 bits per heavy atom. The molecular weight excluding hydrogens is 503 g/mol. The number of hydrogen-bond donors (Lipinski definition) is 5. The molecule has 1 aromatic heterocycles. The van der Waals surface area contributed by atoms with E-state index < -0.39 is 52.8 Å². The molecule has 0 aromatic carbocycles. The maximum atomic E-state index is 12.0. The lowest BCUT2D eigenvalue weighted by Gasteiger charge is -2.27. The SMILES string of the molecule is C#CC1(COP(=O)(O)OP(=O)(O)OP(=O)(O)O)OC(n2ccc(N)nc2=O)CC1S#C. The minimum Gasteiger partial charge on any atom is -0.383 e. The summed E-state index contributed by atoms with van der Waals surface area (Å²) in [6.07, 6.45) is 5.77. The average Bonchev–Trinajstić information content (AvgIpc) is 2.96. The van der Waals surface area contributed by atoms with Gasteiger partial charge in [-0.1, -0.05) is 5.92 Å². The molecule has 31 heavy (non-hydrogen) atoms. The zero-order valence-corrected chi connectivity index (χ0v) is 18.7. The van der Waals surface area contributed by atoms with Crippen molar-refractivity contribution in [3.63, 3.8) is 0 Å². The van der Waals surface area contributed by atoms with Gasteiger partial charge >= 0.3 is 29.2 Å². The van der Waals surface area contributed by atoms with Gasteiger partial charge in [-0.15, -0.1) is 23.3 Å². The summed E-state index contributed by atoms with van der Waals surface area (Å²) >= 11 is 0.691. The molecule has 1 aromatic rings. The number of anilines is 1. The first-order valence-corrected chi connectivity index (χ1v) is 13.2. The Balaban J connectivity index is 2.21. The molecule has 5 unspecified atom stereocenters. The van der Waals surface area contributed by atoms with Crippen molar-refractivity contribution in [1.82, 2.24) is 9.55 Å². The molecule has 0 spiro atoms. The predicted octanol–water partition coefficient (Wildman–Crippen LogP) is 0.150. The van der Waals surface area contributed by atoms with E-state index in [0.29, 0.717) is 11.2 Å². The van der Waals surface area contributed by atoms with Crippen molar-refractivity contribution < 1.29 is 51.2 Å². The van der Waals surface area contributed by atoms with Crippen LogP contribution in [0.5, 0.6) is 0 Å². The number of nitrogen functional groups attached to an aromatic ring is 1. The van der Waals surface area contributed by atoms with Gasteiger partial charge in [0.2, 0.25) is 0 Å². The summed E-state index contributed by atoms with van der Waals surface area (Å²) < 4.78 is 52.6. The summed E-state index contributed by atoms with van der Waals surface area (Å²) in [5, 5.41) is -0.806. The van der Waals surface area contributed by atoms with Gasteiger partial charge < -0.3 is 30.0 Å². The first-order chi connectivity index (χ1) is 14.1. The van der Waals surface area contributed by atoms with Gasteiger partial charge in [-0.25, -0.2) is 18.5 Å². The molecule has 172 valence electrons. The molecule has 2 rings (SSSR count). The monoisotopic (exact) mass is 519 g/mol. The summed E-state index contributed by atoms with van der Waals surface area (Å²) in [5.41, 5.74) is 8.44. The highest BCUT2D eigenvalue weighted by molar-refractivity contribution is 7.89. The quantitative estimate of drug-likeness (QED) is 0.227. The Morgan fingerprint density at radius 3 is 2.48 bits per heavy atom. The van der Waals surface area contributed by atoms with Crippen molar-refractivity contribution in [3.8, 4) is 18.0 Å². The Morgan fingerprint density at radius 2 is 1.97 bits per heavy atom. The lowest BCUT2D eigenvalue weighted by molar-refractivity contribution is -0.0623. The van der Waals surface area contributed by atoms with Gasteiger partial charge in [-0.3, -0.25) is 9.09 Å². The molecule has 0 aliphatic carbocycles. The molecule has 19 heteroatoms. The van der Waals surface area contributed by atoms with Crippen LogP contribution in [0.15, 0.2) is 17.1 Å². The Hall–Kier alpha value is -1.39. The molecule has 0 radical (unpaired) electrons. The largest absolute Gasteiger partial charge is 0.490 e. The maximum absolute atomic E-state index is 12.0. The zero-order valence-electron chi connectivity index (χ0n) is 15.2. The lowest BCUT2D eigenvalue weighted by Crippen LogP contribution is -2.40. The van der Waals surface area contributed by atoms with Crippen LogP contribution in [0, 0.1) is 18.0 Å². The molecule has 6 N–H and O–H groups in total. The smallest absolute Gasteiger partial charge is 0.383 e. The molecule has 1 fully saturated rings. The number of ether oxygens (including phenoxy) is 1. The molecule has 5 atom stereocenters. The zero-order chi connectivity index (χ0) is 23.7. The van der Waals surface area contributed by atoms with Crippen molar-refractivity contribution in [2.45, 2.75) is 23.5 Å². The fourth-order valence-electron chi connectivity index (χ4n) is 2.50. The van der Waals surface area contributed by atoms with E-state index in [1.54, 1.807) is 0 Å². The van der Waals surface area contributed by atoms with Crippen LogP contribution < -0.4 is 11.4 Å². The van der Waals surface area contributed by atoms with Crippen LogP contribution >= 0.6 is 34.6 Å². The molecule has 0 saturated carbocycles. The normalized spacial score (nSPS) is 27.7. The van der Waals surface area contributed by atoms with E-state index in [1.807, 2.05) is 0 Å². The van der Waals surface area contributed by atoms with E-state index in [9.17, 15) is 28.3 Å². The number of phosphoric acid groups is 3. The molecular formula is C12H16N3O12P3S. The molecule has 1 aliphatic heterocycles. The summed E-state index contributed by atoms with van der Waals surface area (Å²) in [7, 11) is -16.7. The van der Waals surface area contributed by atoms with Gasteiger partial charge in [0.15, 0.2) is 5.60 Å². The van der Waals surface area contributed by atoms with Crippen LogP contribution in [0.25, 0.3) is 0 Å². The highest BCUT2D eigenvalue weighted by atomic mass is 32.1. The van der Waals surface area contributed by atoms with Crippen molar-refractivity contribution in [2.24, 2.45) is 0 Å². The number of terminal acetylenes is 1. The fourth-order valence-corrected chi connectivity index (χ4v) is 6.23. The predicted molar refractivity (Wildman–Crippen MR) is 105 cm³/mol. The van der Waals surface area contributed by atoms with Gasteiger partial charge in [-0.2, -0.15) is 13.6 Å². The van der Waals surface area contributed by atoms with Crippen molar-refractivity contribution in [1.29, 1.82) is 0 Å². The second-order valence-electron chi connectivity index (χ2n) is 5.87. The number of phosphoric ester groups is 1. The van der Waals surface area contributed by atoms with Crippen LogP contribution in [0.2, 0.25) is 0 Å². The minimum absolute atomic E-state index is 0.0244. The first kappa shape index (κ1) is 25.9. The number of nitrogens with two attached hydrogens (primary N) is 1. The number of hydrogen-bond acceptors (Lipinski definition) is 10. The molecule has 15 nitrogen and oxygen atoms in total. The van der Waals surface area contributed by atoms with E-state index in [2.05, 4.69) is 24.0 Å². The van der Waals surface area contributed by atoms with E-state index in [-0.39, 0.29) is 12.2 Å². The van der Waals surface area contributed by atoms with Crippen molar-refractivity contribution >= 4 is 40.5 Å². The average molecular weight is 519 g/mol. The van der Waals surface area contributed by atoms with Gasteiger partial charge in [0.05, 0.1) is 5.25 Å². The van der Waals surface area contributed by atoms with Gasteiger partial charge in [0.25, 0.3) is 0 Å². The van der Waals surface area contributed by atoms with Crippen LogP contribution in [0.3, 0.4) is 0 Å². The van der Waals surface area contributed by atoms with Crippen LogP contribution in [-0.2, 0) is 31.6 Å². The number of aromatic nitrogens is 2. The Kier molecular flexibility index (Phi) is 7.70. The lowest BCUT2D eigenvalue weighted by atomic mass is 10.0. The van der Waals surface area contributed by atoms with E-state index >= 15 is 0 Å². The molecule has 1 saturated heterocycles. The first-order valence-electron chi connectivity index (χ1n) is 7.76. The summed E-state index contributed by atoms with van der Waals surface area (Å²) in [4.78, 5) is 51.5. The van der Waals surface area contributed by atoms with Gasteiger partial charge in [0.1, 0.15) is 18.7 Å². The highest BCUT2D eigenvalue weighted by Gasteiger charge is 2.50. The van der Waals surface area contributed by atoms with E-state index in [1.165, 1.54) is 12.3 Å². The molecule has 0 bridgehead atoms.